The lowest BCUT2D eigenvalue weighted by molar-refractivity contribution is -0.168. The number of hydrogen-bond donors (Lipinski definition) is 0. The first-order chi connectivity index (χ1) is 16.0. The van der Waals surface area contributed by atoms with Gasteiger partial charge in [-0.15, -0.1) is 0 Å². The number of β-lactam (4-membered cyclic amide) rings is 1. The molecule has 0 saturated carbocycles. The molecule has 0 unspecified atom stereocenters. The Morgan fingerprint density at radius 1 is 1.06 bits per heavy atom. The first kappa shape index (κ1) is 28.9. The van der Waals surface area contributed by atoms with E-state index in [2.05, 4.69) is 53.5 Å². The van der Waals surface area contributed by atoms with Crippen molar-refractivity contribution in [3.05, 3.63) is 47.7 Å². The number of imide groups is 1. The second-order valence-corrected chi connectivity index (χ2v) is 22.2. The molecule has 192 valence electrons. The van der Waals surface area contributed by atoms with Crippen molar-refractivity contribution in [1.29, 1.82) is 0 Å². The lowest BCUT2D eigenvalue weighted by Gasteiger charge is -2.46. The number of esters is 1. The maximum atomic E-state index is 13.1. The monoisotopic (exact) mass is 517 g/mol. The van der Waals surface area contributed by atoms with E-state index in [-0.39, 0.29) is 23.1 Å². The number of carbonyl (C=O) groups is 4. The number of allylic oxidation sites excluding steroid dienone is 1. The molecule has 35 heavy (non-hydrogen) atoms. The largest absolute Gasteiger partial charge is 0.459 e. The van der Waals surface area contributed by atoms with Crippen LogP contribution < -0.4 is 0 Å². The maximum Gasteiger partial charge on any atom is 0.397 e. The predicted molar refractivity (Wildman–Crippen MR) is 141 cm³/mol. The first-order valence-electron chi connectivity index (χ1n) is 12.0. The highest BCUT2D eigenvalue weighted by Crippen LogP contribution is 2.41. The summed E-state index contributed by atoms with van der Waals surface area (Å²) in [7, 11) is -3.71. The molecule has 1 aromatic rings. The number of hydrogen-bond acceptors (Lipinski definition) is 6. The summed E-state index contributed by atoms with van der Waals surface area (Å²) in [5, 5.41) is -0.0898. The molecule has 1 heterocycles. The molecule has 0 bridgehead atoms. The highest BCUT2D eigenvalue weighted by atomic mass is 28.4. The van der Waals surface area contributed by atoms with Gasteiger partial charge in [0.1, 0.15) is 5.92 Å². The molecule has 1 fully saturated rings. The Kier molecular flexibility index (Phi) is 8.84. The van der Waals surface area contributed by atoms with Crippen molar-refractivity contribution in [3.63, 3.8) is 0 Å². The van der Waals surface area contributed by atoms with Crippen molar-refractivity contribution in [1.82, 2.24) is 4.90 Å². The molecule has 0 spiro atoms. The van der Waals surface area contributed by atoms with Gasteiger partial charge < -0.3 is 9.16 Å². The Balaban J connectivity index is 2.32. The van der Waals surface area contributed by atoms with Gasteiger partial charge >= 0.3 is 11.9 Å². The van der Waals surface area contributed by atoms with Gasteiger partial charge in [0.15, 0.2) is 14.1 Å². The van der Waals surface area contributed by atoms with E-state index in [1.807, 2.05) is 0 Å². The Labute approximate surface area is 211 Å². The predicted octanol–water partition coefficient (Wildman–Crippen LogP) is 5.03. The third kappa shape index (κ3) is 7.08. The maximum absolute atomic E-state index is 13.1. The minimum absolute atomic E-state index is 0.0898. The van der Waals surface area contributed by atoms with Gasteiger partial charge in [0.25, 0.3) is 0 Å². The summed E-state index contributed by atoms with van der Waals surface area (Å²) < 4.78 is 11.6. The van der Waals surface area contributed by atoms with Crippen molar-refractivity contribution < 1.29 is 28.3 Å². The number of benzene rings is 1. The van der Waals surface area contributed by atoms with Crippen molar-refractivity contribution in [2.75, 3.05) is 6.61 Å². The molecule has 9 heteroatoms. The number of ketones is 1. The van der Waals surface area contributed by atoms with Crippen LogP contribution in [0.2, 0.25) is 43.8 Å². The molecule has 2 amide bonds. The van der Waals surface area contributed by atoms with Gasteiger partial charge in [0.2, 0.25) is 5.91 Å². The molecule has 7 nitrogen and oxygen atoms in total. The van der Waals surface area contributed by atoms with E-state index in [9.17, 15) is 19.2 Å². The molecule has 0 aliphatic carbocycles. The average molecular weight is 518 g/mol. The molecule has 2 atom stereocenters. The van der Waals surface area contributed by atoms with Gasteiger partial charge in [0, 0.05) is 25.4 Å². The molecule has 2 rings (SSSR count). The van der Waals surface area contributed by atoms with Crippen molar-refractivity contribution >= 4 is 40.0 Å². The summed E-state index contributed by atoms with van der Waals surface area (Å²) in [5.41, 5.74) is 0.586. The number of ether oxygens (including phenoxy) is 1. The summed E-state index contributed by atoms with van der Waals surface area (Å²) in [4.78, 5) is 52.2. The van der Waals surface area contributed by atoms with Crippen LogP contribution in [-0.4, -0.2) is 57.6 Å². The summed E-state index contributed by atoms with van der Waals surface area (Å²) >= 11 is 0. The molecular formula is C26H39NO6Si2. The van der Waals surface area contributed by atoms with E-state index in [4.69, 9.17) is 9.16 Å². The SMILES string of the molecule is C[C@@H](O[Si](C)(C)C(C)(C)C)[C@H]1C(=O)N(C(=O)C(=O)OCC[Si](C)(C)C)/C1=C\C(=O)c1ccccc1. The van der Waals surface area contributed by atoms with Gasteiger partial charge in [0.05, 0.1) is 12.7 Å². The van der Waals surface area contributed by atoms with Gasteiger partial charge in [-0.25, -0.2) is 9.69 Å². The van der Waals surface area contributed by atoms with Crippen LogP contribution in [0.3, 0.4) is 0 Å². The topological polar surface area (TPSA) is 90.0 Å². The van der Waals surface area contributed by atoms with Crippen molar-refractivity contribution in [2.45, 2.75) is 77.6 Å². The Hall–Kier alpha value is -2.37. The van der Waals surface area contributed by atoms with Crippen molar-refractivity contribution in [2.24, 2.45) is 5.92 Å². The summed E-state index contributed by atoms with van der Waals surface area (Å²) in [6.07, 6.45) is 0.699. The zero-order chi connectivity index (χ0) is 26.8. The van der Waals surface area contributed by atoms with Gasteiger partial charge in [-0.2, -0.15) is 0 Å². The molecular weight excluding hydrogens is 478 g/mol. The second-order valence-electron chi connectivity index (χ2n) is 11.8. The fourth-order valence-corrected chi connectivity index (χ4v) is 5.54. The van der Waals surface area contributed by atoms with E-state index in [1.165, 1.54) is 6.08 Å². The number of carbonyl (C=O) groups excluding carboxylic acids is 4. The van der Waals surface area contributed by atoms with Gasteiger partial charge in [-0.1, -0.05) is 70.7 Å². The fourth-order valence-electron chi connectivity index (χ4n) is 3.41. The highest BCUT2D eigenvalue weighted by molar-refractivity contribution is 6.76. The van der Waals surface area contributed by atoms with Crippen LogP contribution in [0.15, 0.2) is 42.1 Å². The van der Waals surface area contributed by atoms with Crippen LogP contribution in [0.5, 0.6) is 0 Å². The summed E-state index contributed by atoms with van der Waals surface area (Å²) in [5.74, 6) is -3.91. The van der Waals surface area contributed by atoms with Crippen LogP contribution >= 0.6 is 0 Å². The number of amides is 2. The Bertz CT molecular complexity index is 1000. The van der Waals surface area contributed by atoms with E-state index < -0.39 is 46.2 Å². The van der Waals surface area contributed by atoms with Crippen molar-refractivity contribution in [3.8, 4) is 0 Å². The van der Waals surface area contributed by atoms with E-state index in [0.29, 0.717) is 11.6 Å². The number of likely N-dealkylation sites (tertiary alicyclic amines) is 1. The van der Waals surface area contributed by atoms with Crippen LogP contribution in [0.4, 0.5) is 0 Å². The molecule has 1 aliphatic heterocycles. The summed E-state index contributed by atoms with van der Waals surface area (Å²) in [6, 6.07) is 9.27. The van der Waals surface area contributed by atoms with Gasteiger partial charge in [-0.05, 0) is 31.1 Å². The standard InChI is InChI=1S/C26H39NO6Si2/c1-18(33-35(8,9)26(2,3)4)22-20(17-21(28)19-13-11-10-12-14-19)27(23(22)29)24(30)25(31)32-15-16-34(5,6)7/h10-14,17-18,22H,15-16H2,1-9H3/b20-17-/t18-,22-/m1/s1. The van der Waals surface area contributed by atoms with Crippen LogP contribution in [0.1, 0.15) is 38.1 Å². The molecule has 1 saturated heterocycles. The normalized spacial score (nSPS) is 18.8. The minimum Gasteiger partial charge on any atom is -0.459 e. The number of nitrogens with zero attached hydrogens (tertiary/aromatic N) is 1. The van der Waals surface area contributed by atoms with E-state index >= 15 is 0 Å². The fraction of sp³-hybridized carbons (Fsp3) is 0.538. The molecule has 1 aromatic carbocycles. The minimum atomic E-state index is -2.24. The molecule has 0 radical (unpaired) electrons. The van der Waals surface area contributed by atoms with E-state index in [1.54, 1.807) is 37.3 Å². The Morgan fingerprint density at radius 2 is 1.63 bits per heavy atom. The van der Waals surface area contributed by atoms with E-state index in [0.717, 1.165) is 4.90 Å². The van der Waals surface area contributed by atoms with Gasteiger partial charge in [-0.3, -0.25) is 14.4 Å². The quantitative estimate of drug-likeness (QED) is 0.120. The van der Waals surface area contributed by atoms with Crippen LogP contribution in [0.25, 0.3) is 0 Å². The lowest BCUT2D eigenvalue weighted by atomic mass is 9.87. The lowest BCUT2D eigenvalue weighted by Crippen LogP contribution is -2.60. The molecule has 0 aromatic heterocycles. The summed E-state index contributed by atoms with van der Waals surface area (Å²) in [6.45, 7) is 18.7. The molecule has 0 N–H and O–H groups in total. The second kappa shape index (κ2) is 10.7. The third-order valence-electron chi connectivity index (χ3n) is 6.62. The Morgan fingerprint density at radius 3 is 2.14 bits per heavy atom. The number of rotatable bonds is 8. The first-order valence-corrected chi connectivity index (χ1v) is 18.6. The third-order valence-corrected chi connectivity index (χ3v) is 12.9. The molecule has 1 aliphatic rings. The highest BCUT2D eigenvalue weighted by Gasteiger charge is 2.53. The smallest absolute Gasteiger partial charge is 0.397 e. The average Bonchev–Trinajstić information content (AvgIpc) is 2.71. The van der Waals surface area contributed by atoms with Crippen LogP contribution in [0, 0.1) is 5.92 Å². The zero-order valence-corrected chi connectivity index (χ0v) is 24.4. The van der Waals surface area contributed by atoms with Crippen LogP contribution in [-0.2, 0) is 23.5 Å². The zero-order valence-electron chi connectivity index (χ0n) is 22.4.